The second-order valence-corrected chi connectivity index (χ2v) is 8.26. The van der Waals surface area contributed by atoms with Crippen molar-refractivity contribution in [3.05, 3.63) is 35.4 Å². The molecule has 33 heavy (non-hydrogen) atoms. The van der Waals surface area contributed by atoms with Crippen LogP contribution in [0.1, 0.15) is 50.5 Å². The maximum atomic E-state index is 12.8. The van der Waals surface area contributed by atoms with E-state index in [1.54, 1.807) is 0 Å². The molecular formula is C24H40IN5O3. The maximum Gasteiger partial charge on any atom is 0.254 e. The summed E-state index contributed by atoms with van der Waals surface area (Å²) in [4.78, 5) is 35.5. The van der Waals surface area contributed by atoms with E-state index in [0.29, 0.717) is 50.8 Å². The van der Waals surface area contributed by atoms with E-state index in [-0.39, 0.29) is 54.5 Å². The van der Waals surface area contributed by atoms with Crippen LogP contribution in [0, 0.1) is 0 Å². The number of aliphatic imine (C=N–C) groups is 1. The summed E-state index contributed by atoms with van der Waals surface area (Å²) < 4.78 is 5.72. The zero-order chi connectivity index (χ0) is 23.7. The van der Waals surface area contributed by atoms with Gasteiger partial charge in [-0.3, -0.25) is 9.59 Å². The molecule has 1 heterocycles. The number of guanidine groups is 1. The zero-order valence-corrected chi connectivity index (χ0v) is 23.2. The minimum absolute atomic E-state index is 0. The minimum Gasteiger partial charge on any atom is -0.372 e. The number of ether oxygens (including phenoxy) is 1. The molecule has 0 aromatic heterocycles. The number of morpholine rings is 1. The third-order valence-corrected chi connectivity index (χ3v) is 5.50. The largest absolute Gasteiger partial charge is 0.372 e. The molecule has 1 N–H and O–H groups in total. The smallest absolute Gasteiger partial charge is 0.254 e. The van der Waals surface area contributed by atoms with Crippen molar-refractivity contribution in [3.8, 4) is 0 Å². The van der Waals surface area contributed by atoms with Gasteiger partial charge >= 0.3 is 0 Å². The number of rotatable bonds is 8. The quantitative estimate of drug-likeness (QED) is 0.294. The van der Waals surface area contributed by atoms with E-state index in [4.69, 9.17) is 4.74 Å². The lowest BCUT2D eigenvalue weighted by Crippen LogP contribution is -2.48. The summed E-state index contributed by atoms with van der Waals surface area (Å²) in [6.45, 7) is 14.0. The first-order chi connectivity index (χ1) is 15.3. The van der Waals surface area contributed by atoms with Gasteiger partial charge in [0.05, 0.1) is 25.3 Å². The summed E-state index contributed by atoms with van der Waals surface area (Å²) in [7, 11) is 1.87. The monoisotopic (exact) mass is 573 g/mol. The minimum atomic E-state index is 0. The van der Waals surface area contributed by atoms with Crippen molar-refractivity contribution in [2.75, 3.05) is 46.3 Å². The Labute approximate surface area is 215 Å². The Morgan fingerprint density at radius 3 is 2.18 bits per heavy atom. The number of hydrogen-bond acceptors (Lipinski definition) is 4. The molecule has 0 aliphatic carbocycles. The number of halogens is 1. The van der Waals surface area contributed by atoms with Crippen LogP contribution in [-0.2, 0) is 16.1 Å². The lowest BCUT2D eigenvalue weighted by molar-refractivity contribution is -0.131. The van der Waals surface area contributed by atoms with Gasteiger partial charge in [0.25, 0.3) is 5.91 Å². The number of carbonyl (C=O) groups excluding carboxylic acids is 2. The Hall–Kier alpha value is -1.88. The number of benzene rings is 1. The molecule has 186 valence electrons. The topological polar surface area (TPSA) is 77.5 Å². The van der Waals surface area contributed by atoms with Gasteiger partial charge in [0.1, 0.15) is 0 Å². The SMILES string of the molecule is CCNC(=NCc1ccc(C(=O)N2CC(C)OC(C)C2)cc1)N(C)CC(=O)N(CC)CC.I. The molecule has 1 aromatic rings. The standard InChI is InChI=1S/C24H39N5O3.HI/c1-7-25-24(27(6)17-22(30)28(8-2)9-3)26-14-20-10-12-21(13-11-20)23(31)29-15-18(4)32-19(5)16-29;/h10-13,18-19H,7-9,14-17H2,1-6H3,(H,25,26);1H. The van der Waals surface area contributed by atoms with E-state index in [0.717, 1.165) is 5.56 Å². The van der Waals surface area contributed by atoms with Gasteiger partial charge in [-0.1, -0.05) is 12.1 Å². The van der Waals surface area contributed by atoms with Gasteiger partial charge in [-0.05, 0) is 52.3 Å². The molecule has 8 nitrogen and oxygen atoms in total. The highest BCUT2D eigenvalue weighted by Gasteiger charge is 2.26. The molecule has 0 bridgehead atoms. The number of hydrogen-bond donors (Lipinski definition) is 1. The van der Waals surface area contributed by atoms with E-state index in [1.165, 1.54) is 0 Å². The molecule has 1 aliphatic rings. The van der Waals surface area contributed by atoms with Crippen LogP contribution in [0.15, 0.2) is 29.3 Å². The molecular weight excluding hydrogens is 533 g/mol. The van der Waals surface area contributed by atoms with Crippen LogP contribution >= 0.6 is 24.0 Å². The molecule has 1 aromatic carbocycles. The van der Waals surface area contributed by atoms with Crippen molar-refractivity contribution in [1.29, 1.82) is 0 Å². The first-order valence-electron chi connectivity index (χ1n) is 11.6. The van der Waals surface area contributed by atoms with Crippen molar-refractivity contribution in [2.24, 2.45) is 4.99 Å². The highest BCUT2D eigenvalue weighted by atomic mass is 127. The lowest BCUT2D eigenvalue weighted by atomic mass is 10.1. The van der Waals surface area contributed by atoms with E-state index < -0.39 is 0 Å². The van der Waals surface area contributed by atoms with Crippen molar-refractivity contribution in [3.63, 3.8) is 0 Å². The summed E-state index contributed by atoms with van der Waals surface area (Å²) in [5.41, 5.74) is 1.68. The Morgan fingerprint density at radius 2 is 1.67 bits per heavy atom. The maximum absolute atomic E-state index is 12.8. The Kier molecular flexibility index (Phi) is 12.7. The molecule has 1 aliphatic heterocycles. The molecule has 2 rings (SSSR count). The average Bonchev–Trinajstić information content (AvgIpc) is 2.76. The molecule has 9 heteroatoms. The molecule has 1 saturated heterocycles. The van der Waals surface area contributed by atoms with E-state index in [2.05, 4.69) is 10.3 Å². The predicted octanol–water partition coefficient (Wildman–Crippen LogP) is 2.82. The number of nitrogens with zero attached hydrogens (tertiary/aromatic N) is 4. The molecule has 0 saturated carbocycles. The normalized spacial score (nSPS) is 18.4. The fourth-order valence-electron chi connectivity index (χ4n) is 3.87. The van der Waals surface area contributed by atoms with E-state index >= 15 is 0 Å². The van der Waals surface area contributed by atoms with Gasteiger partial charge < -0.3 is 24.8 Å². The van der Waals surface area contributed by atoms with Crippen LogP contribution in [-0.4, -0.2) is 91.0 Å². The van der Waals surface area contributed by atoms with Crippen molar-refractivity contribution in [2.45, 2.75) is 53.4 Å². The summed E-state index contributed by atoms with van der Waals surface area (Å²) in [6.07, 6.45) is 0.0952. The van der Waals surface area contributed by atoms with Gasteiger partial charge in [-0.2, -0.15) is 0 Å². The second kappa shape index (κ2) is 14.4. The van der Waals surface area contributed by atoms with Crippen LogP contribution in [0.4, 0.5) is 0 Å². The zero-order valence-electron chi connectivity index (χ0n) is 20.8. The highest BCUT2D eigenvalue weighted by Crippen LogP contribution is 2.15. The Balaban J connectivity index is 0.00000544. The summed E-state index contributed by atoms with van der Waals surface area (Å²) in [6, 6.07) is 7.60. The van der Waals surface area contributed by atoms with Gasteiger partial charge in [0.15, 0.2) is 5.96 Å². The first-order valence-corrected chi connectivity index (χ1v) is 11.6. The van der Waals surface area contributed by atoms with Gasteiger partial charge in [0.2, 0.25) is 5.91 Å². The molecule has 1 fully saturated rings. The first kappa shape index (κ1) is 29.2. The number of carbonyl (C=O) groups is 2. The second-order valence-electron chi connectivity index (χ2n) is 8.26. The van der Waals surface area contributed by atoms with E-state index in [1.807, 2.05) is 80.6 Å². The highest BCUT2D eigenvalue weighted by molar-refractivity contribution is 14.0. The number of likely N-dealkylation sites (N-methyl/N-ethyl adjacent to an activating group) is 2. The third kappa shape index (κ3) is 8.77. The summed E-state index contributed by atoms with van der Waals surface area (Å²) >= 11 is 0. The summed E-state index contributed by atoms with van der Waals surface area (Å²) in [5.74, 6) is 0.798. The Morgan fingerprint density at radius 1 is 1.09 bits per heavy atom. The van der Waals surface area contributed by atoms with Crippen molar-refractivity contribution >= 4 is 41.8 Å². The van der Waals surface area contributed by atoms with Crippen LogP contribution in [0.5, 0.6) is 0 Å². The predicted molar refractivity (Wildman–Crippen MR) is 143 cm³/mol. The van der Waals surface area contributed by atoms with Gasteiger partial charge in [-0.25, -0.2) is 4.99 Å². The van der Waals surface area contributed by atoms with Crippen LogP contribution in [0.3, 0.4) is 0 Å². The fourth-order valence-corrected chi connectivity index (χ4v) is 3.87. The average molecular weight is 574 g/mol. The molecule has 0 spiro atoms. The molecule has 2 amide bonds. The van der Waals surface area contributed by atoms with Gasteiger partial charge in [-0.15, -0.1) is 24.0 Å². The third-order valence-electron chi connectivity index (χ3n) is 5.50. The fraction of sp³-hybridized carbons (Fsp3) is 0.625. The van der Waals surface area contributed by atoms with Crippen LogP contribution in [0.2, 0.25) is 0 Å². The van der Waals surface area contributed by atoms with Crippen molar-refractivity contribution in [1.82, 2.24) is 20.0 Å². The number of nitrogens with one attached hydrogen (secondary N) is 1. The molecule has 0 radical (unpaired) electrons. The lowest BCUT2D eigenvalue weighted by Gasteiger charge is -2.35. The van der Waals surface area contributed by atoms with Crippen LogP contribution < -0.4 is 5.32 Å². The molecule has 2 atom stereocenters. The van der Waals surface area contributed by atoms with E-state index in [9.17, 15) is 9.59 Å². The van der Waals surface area contributed by atoms with Crippen molar-refractivity contribution < 1.29 is 14.3 Å². The summed E-state index contributed by atoms with van der Waals surface area (Å²) in [5, 5.41) is 3.25. The van der Waals surface area contributed by atoms with Gasteiger partial charge in [0, 0.05) is 45.3 Å². The van der Waals surface area contributed by atoms with Crippen LogP contribution in [0.25, 0.3) is 0 Å². The Bertz CT molecular complexity index is 773. The molecule has 2 unspecified atom stereocenters. The number of amides is 2.